The molecule has 10 nitrogen and oxygen atoms in total. The SMILES string of the molecule is CCOC(=O)C(C/C(Cl)=C\Cc1c(OC)c(C)c2c(c1OS(C)(=O)=O)C(=O)OC2)C(=O)O. The van der Waals surface area contributed by atoms with Crippen LogP contribution in [0.5, 0.6) is 11.5 Å². The van der Waals surface area contributed by atoms with Crippen LogP contribution in [0, 0.1) is 12.8 Å². The Kier molecular flexibility index (Phi) is 8.13. The van der Waals surface area contributed by atoms with Gasteiger partial charge in [0, 0.05) is 22.6 Å². The van der Waals surface area contributed by atoms with Crippen LogP contribution in [0.2, 0.25) is 0 Å². The predicted octanol–water partition coefficient (Wildman–Crippen LogP) is 2.33. The summed E-state index contributed by atoms with van der Waals surface area (Å²) in [6.45, 7) is 3.18. The first-order chi connectivity index (χ1) is 14.9. The number of carbonyl (C=O) groups is 3. The van der Waals surface area contributed by atoms with Crippen LogP contribution in [0.4, 0.5) is 0 Å². The molecule has 0 aliphatic carbocycles. The normalized spacial score (nSPS) is 14.4. The molecule has 0 aromatic heterocycles. The van der Waals surface area contributed by atoms with E-state index in [1.54, 1.807) is 13.8 Å². The highest BCUT2D eigenvalue weighted by atomic mass is 35.5. The molecule has 0 saturated carbocycles. The van der Waals surface area contributed by atoms with Gasteiger partial charge in [0.1, 0.15) is 17.9 Å². The average Bonchev–Trinajstić information content (AvgIpc) is 3.07. The molecule has 1 aromatic rings. The summed E-state index contributed by atoms with van der Waals surface area (Å²) in [4.78, 5) is 35.5. The molecule has 0 spiro atoms. The van der Waals surface area contributed by atoms with Gasteiger partial charge in [0.25, 0.3) is 0 Å². The summed E-state index contributed by atoms with van der Waals surface area (Å²) in [5, 5.41) is 9.30. The number of ether oxygens (including phenoxy) is 3. The van der Waals surface area contributed by atoms with Gasteiger partial charge in [-0.25, -0.2) is 4.79 Å². The third-order valence-electron chi connectivity index (χ3n) is 4.66. The molecule has 1 heterocycles. The number of methoxy groups -OCH3 is 1. The molecule has 1 atom stereocenters. The number of cyclic esters (lactones) is 1. The van der Waals surface area contributed by atoms with Crippen LogP contribution in [0.1, 0.15) is 40.4 Å². The van der Waals surface area contributed by atoms with Crippen molar-refractivity contribution in [2.24, 2.45) is 5.92 Å². The number of hydrogen-bond acceptors (Lipinski definition) is 9. The zero-order valence-corrected chi connectivity index (χ0v) is 19.5. The molecule has 1 N–H and O–H groups in total. The number of carbonyl (C=O) groups excluding carboxylic acids is 2. The topological polar surface area (TPSA) is 142 Å². The maximum absolute atomic E-state index is 12.3. The number of fused-ring (bicyclic) bond motifs is 1. The summed E-state index contributed by atoms with van der Waals surface area (Å²) in [5.41, 5.74) is 1.18. The fourth-order valence-corrected chi connectivity index (χ4v) is 3.98. The van der Waals surface area contributed by atoms with Gasteiger partial charge < -0.3 is 23.5 Å². The third-order valence-corrected chi connectivity index (χ3v) is 5.43. The molecule has 0 bridgehead atoms. The molecule has 0 saturated heterocycles. The van der Waals surface area contributed by atoms with Crippen LogP contribution < -0.4 is 8.92 Å². The van der Waals surface area contributed by atoms with Gasteiger partial charge >= 0.3 is 28.0 Å². The Morgan fingerprint density at radius 1 is 1.31 bits per heavy atom. The molecule has 0 fully saturated rings. The third kappa shape index (κ3) is 5.71. The lowest BCUT2D eigenvalue weighted by molar-refractivity contribution is -0.158. The molecule has 12 heteroatoms. The fraction of sp³-hybridized carbons (Fsp3) is 0.450. The second-order valence-electron chi connectivity index (χ2n) is 6.89. The van der Waals surface area contributed by atoms with Gasteiger partial charge in [0.2, 0.25) is 0 Å². The van der Waals surface area contributed by atoms with Gasteiger partial charge in [0.05, 0.1) is 20.0 Å². The fourth-order valence-electron chi connectivity index (χ4n) is 3.26. The molecule has 1 aromatic carbocycles. The number of rotatable bonds is 10. The number of halogens is 1. The van der Waals surface area contributed by atoms with Crippen molar-refractivity contribution in [2.75, 3.05) is 20.0 Å². The molecule has 2 rings (SSSR count). The van der Waals surface area contributed by atoms with E-state index >= 15 is 0 Å². The zero-order chi connectivity index (χ0) is 24.2. The zero-order valence-electron chi connectivity index (χ0n) is 17.9. The maximum Gasteiger partial charge on any atom is 0.342 e. The molecule has 1 aliphatic heterocycles. The van der Waals surface area contributed by atoms with Crippen LogP contribution >= 0.6 is 11.6 Å². The molecule has 1 aliphatic rings. The average molecular weight is 491 g/mol. The minimum absolute atomic E-state index is 0.0117. The van der Waals surface area contributed by atoms with Crippen LogP contribution in [-0.4, -0.2) is 51.4 Å². The minimum Gasteiger partial charge on any atom is -0.496 e. The lowest BCUT2D eigenvalue weighted by atomic mass is 9.95. The van der Waals surface area contributed by atoms with Crippen molar-refractivity contribution < 1.29 is 46.3 Å². The van der Waals surface area contributed by atoms with Gasteiger partial charge in [-0.3, -0.25) is 9.59 Å². The summed E-state index contributed by atoms with van der Waals surface area (Å²) < 4.78 is 44.1. The number of hydrogen-bond donors (Lipinski definition) is 1. The first-order valence-corrected chi connectivity index (χ1v) is 11.6. The van der Waals surface area contributed by atoms with Crippen molar-refractivity contribution in [3.63, 3.8) is 0 Å². The standard InChI is InChI=1S/C20H23ClO10S/c1-5-29-19(24)13(18(22)23)8-11(21)6-7-12-16(28-3)10(2)14-9-30-20(25)15(14)17(12)31-32(4,26)27/h6,13H,5,7-9H2,1-4H3,(H,22,23)/b11-6+. The second kappa shape index (κ2) is 10.2. The van der Waals surface area contributed by atoms with E-state index in [4.69, 9.17) is 30.0 Å². The number of aliphatic carboxylic acids is 1. The highest BCUT2D eigenvalue weighted by Crippen LogP contribution is 2.43. The molecule has 32 heavy (non-hydrogen) atoms. The Labute approximate surface area is 190 Å². The first-order valence-electron chi connectivity index (χ1n) is 9.44. The minimum atomic E-state index is -4.02. The van der Waals surface area contributed by atoms with Crippen molar-refractivity contribution in [1.82, 2.24) is 0 Å². The molecule has 0 amide bonds. The van der Waals surface area contributed by atoms with E-state index in [1.807, 2.05) is 0 Å². The Hall–Kier alpha value is -2.79. The van der Waals surface area contributed by atoms with Gasteiger partial charge in [-0.15, -0.1) is 0 Å². The van der Waals surface area contributed by atoms with E-state index < -0.39 is 33.9 Å². The van der Waals surface area contributed by atoms with Crippen LogP contribution in [0.15, 0.2) is 11.1 Å². The van der Waals surface area contributed by atoms with Crippen molar-refractivity contribution in [3.05, 3.63) is 33.4 Å². The summed E-state index contributed by atoms with van der Waals surface area (Å²) in [6, 6.07) is 0. The van der Waals surface area contributed by atoms with Crippen LogP contribution in [0.3, 0.4) is 0 Å². The quantitative estimate of drug-likeness (QED) is 0.295. The number of carboxylic acids is 1. The van der Waals surface area contributed by atoms with Crippen molar-refractivity contribution >= 4 is 39.6 Å². The second-order valence-corrected chi connectivity index (χ2v) is 8.95. The van der Waals surface area contributed by atoms with E-state index in [2.05, 4.69) is 0 Å². The largest absolute Gasteiger partial charge is 0.496 e. The maximum atomic E-state index is 12.3. The van der Waals surface area contributed by atoms with Crippen molar-refractivity contribution in [3.8, 4) is 11.5 Å². The van der Waals surface area contributed by atoms with Crippen LogP contribution in [-0.2, 0) is 42.2 Å². The number of esters is 2. The molecule has 176 valence electrons. The predicted molar refractivity (Wildman–Crippen MR) is 112 cm³/mol. The summed E-state index contributed by atoms with van der Waals surface area (Å²) in [5.74, 6) is -4.56. The molecular weight excluding hydrogens is 468 g/mol. The van der Waals surface area contributed by atoms with Gasteiger partial charge in [0.15, 0.2) is 11.7 Å². The number of carboxylic acid groups (broad SMARTS) is 1. The summed E-state index contributed by atoms with van der Waals surface area (Å²) >= 11 is 6.18. The Morgan fingerprint density at radius 2 is 1.97 bits per heavy atom. The number of allylic oxidation sites excluding steroid dienone is 2. The van der Waals surface area contributed by atoms with Crippen LogP contribution in [0.25, 0.3) is 0 Å². The van der Waals surface area contributed by atoms with Crippen molar-refractivity contribution in [2.45, 2.75) is 33.3 Å². The molecular formula is C20H23ClO10S. The lowest BCUT2D eigenvalue weighted by Crippen LogP contribution is -2.26. The van der Waals surface area contributed by atoms with Crippen molar-refractivity contribution in [1.29, 1.82) is 0 Å². The van der Waals surface area contributed by atoms with Gasteiger partial charge in [-0.05, 0) is 25.8 Å². The highest BCUT2D eigenvalue weighted by molar-refractivity contribution is 7.86. The van der Waals surface area contributed by atoms with E-state index in [0.717, 1.165) is 6.26 Å². The Bertz CT molecular complexity index is 1070. The molecule has 0 radical (unpaired) electrons. The smallest absolute Gasteiger partial charge is 0.342 e. The molecule has 1 unspecified atom stereocenters. The Morgan fingerprint density at radius 3 is 2.50 bits per heavy atom. The van der Waals surface area contributed by atoms with Gasteiger partial charge in [-0.1, -0.05) is 17.7 Å². The van der Waals surface area contributed by atoms with E-state index in [9.17, 15) is 27.9 Å². The summed E-state index contributed by atoms with van der Waals surface area (Å²) in [6.07, 6.45) is 1.79. The lowest BCUT2D eigenvalue weighted by Gasteiger charge is -2.18. The van der Waals surface area contributed by atoms with Gasteiger partial charge in [-0.2, -0.15) is 8.42 Å². The monoisotopic (exact) mass is 490 g/mol. The number of benzene rings is 1. The van der Waals surface area contributed by atoms with E-state index in [1.165, 1.54) is 13.2 Å². The van der Waals surface area contributed by atoms with E-state index in [-0.39, 0.29) is 53.7 Å². The summed E-state index contributed by atoms with van der Waals surface area (Å²) in [7, 11) is -2.66. The Balaban J connectivity index is 2.51. The van der Waals surface area contributed by atoms with E-state index in [0.29, 0.717) is 11.1 Å². The first kappa shape index (κ1) is 25.5. The highest BCUT2D eigenvalue weighted by Gasteiger charge is 2.35.